The van der Waals surface area contributed by atoms with E-state index in [4.69, 9.17) is 0 Å². The molecule has 2 rings (SSSR count). The minimum absolute atomic E-state index is 0.356. The van der Waals surface area contributed by atoms with Crippen molar-refractivity contribution in [1.29, 1.82) is 0 Å². The van der Waals surface area contributed by atoms with Gasteiger partial charge < -0.3 is 5.11 Å². The van der Waals surface area contributed by atoms with Crippen LogP contribution in [0.5, 0.6) is 5.75 Å². The first-order valence-electron chi connectivity index (χ1n) is 6.32. The number of benzene rings is 2. The second-order valence-electron chi connectivity index (χ2n) is 4.38. The lowest BCUT2D eigenvalue weighted by molar-refractivity contribution is 0.471. The van der Waals surface area contributed by atoms with Gasteiger partial charge in [0.05, 0.1) is 0 Å². The van der Waals surface area contributed by atoms with E-state index in [1.807, 2.05) is 32.9 Å². The molecule has 17 heavy (non-hydrogen) atoms. The van der Waals surface area contributed by atoms with Crippen LogP contribution in [0, 0.1) is 6.92 Å². The van der Waals surface area contributed by atoms with Crippen molar-refractivity contribution < 1.29 is 5.11 Å². The summed E-state index contributed by atoms with van der Waals surface area (Å²) in [5, 5.41) is 12.2. The maximum Gasteiger partial charge on any atom is 0.126 e. The van der Waals surface area contributed by atoms with Gasteiger partial charge in [-0.05, 0) is 29.9 Å². The third-order valence-corrected chi connectivity index (χ3v) is 2.80. The molecule has 0 aliphatic rings. The van der Waals surface area contributed by atoms with E-state index in [9.17, 15) is 5.11 Å². The Morgan fingerprint density at radius 3 is 2.18 bits per heavy atom. The van der Waals surface area contributed by atoms with Gasteiger partial charge >= 0.3 is 0 Å². The van der Waals surface area contributed by atoms with Crippen molar-refractivity contribution >= 4 is 10.8 Å². The van der Waals surface area contributed by atoms with Gasteiger partial charge in [0, 0.05) is 5.39 Å². The summed E-state index contributed by atoms with van der Waals surface area (Å²) in [6.45, 7) is 10.2. The van der Waals surface area contributed by atoms with E-state index in [1.54, 1.807) is 0 Å². The summed E-state index contributed by atoms with van der Waals surface area (Å²) in [7, 11) is 0. The van der Waals surface area contributed by atoms with E-state index in [-0.39, 0.29) is 0 Å². The Hall–Kier alpha value is -1.50. The molecule has 0 bridgehead atoms. The van der Waals surface area contributed by atoms with Gasteiger partial charge in [0.15, 0.2) is 0 Å². The highest BCUT2D eigenvalue weighted by atomic mass is 16.3. The average molecular weight is 230 g/mol. The summed E-state index contributed by atoms with van der Waals surface area (Å²) in [6.07, 6.45) is 0. The summed E-state index contributed by atoms with van der Waals surface area (Å²) < 4.78 is 0. The normalized spacial score (nSPS) is 10.2. The van der Waals surface area contributed by atoms with Crippen LogP contribution in [-0.2, 0) is 0 Å². The molecule has 0 saturated carbocycles. The zero-order chi connectivity index (χ0) is 13.0. The Labute approximate surface area is 104 Å². The standard InChI is InChI=1S/C14H16O.C2H6/c1-9(2)12-7-6-11-5-4-10(3)8-13(11)14(12)15;1-2/h4-9,15H,1-3H3;1-2H3. The Morgan fingerprint density at radius 2 is 1.59 bits per heavy atom. The summed E-state index contributed by atoms with van der Waals surface area (Å²) >= 11 is 0. The van der Waals surface area contributed by atoms with Crippen molar-refractivity contribution in [3.63, 3.8) is 0 Å². The lowest BCUT2D eigenvalue weighted by Crippen LogP contribution is -1.89. The summed E-state index contributed by atoms with van der Waals surface area (Å²) in [5.41, 5.74) is 2.20. The smallest absolute Gasteiger partial charge is 0.126 e. The highest BCUT2D eigenvalue weighted by molar-refractivity contribution is 5.90. The maximum atomic E-state index is 10.1. The summed E-state index contributed by atoms with van der Waals surface area (Å²) in [6, 6.07) is 10.2. The number of fused-ring (bicyclic) bond motifs is 1. The number of rotatable bonds is 1. The van der Waals surface area contributed by atoms with Crippen molar-refractivity contribution in [3.8, 4) is 5.75 Å². The average Bonchev–Trinajstić information content (AvgIpc) is 2.32. The SMILES string of the molecule is CC.Cc1ccc2ccc(C(C)C)c(O)c2c1. The molecule has 0 amide bonds. The van der Waals surface area contributed by atoms with Gasteiger partial charge in [0.1, 0.15) is 5.75 Å². The predicted molar refractivity (Wildman–Crippen MR) is 75.8 cm³/mol. The monoisotopic (exact) mass is 230 g/mol. The van der Waals surface area contributed by atoms with Crippen LogP contribution in [0.25, 0.3) is 10.8 Å². The third-order valence-electron chi connectivity index (χ3n) is 2.80. The van der Waals surface area contributed by atoms with E-state index in [1.165, 1.54) is 5.56 Å². The van der Waals surface area contributed by atoms with Gasteiger partial charge in [0.25, 0.3) is 0 Å². The number of phenols is 1. The molecule has 0 saturated heterocycles. The fourth-order valence-corrected chi connectivity index (χ4v) is 1.90. The number of hydrogen-bond acceptors (Lipinski definition) is 1. The van der Waals surface area contributed by atoms with Crippen LogP contribution < -0.4 is 0 Å². The zero-order valence-electron chi connectivity index (χ0n) is 11.4. The van der Waals surface area contributed by atoms with E-state index in [2.05, 4.69) is 32.0 Å². The molecule has 2 aromatic rings. The van der Waals surface area contributed by atoms with E-state index in [0.29, 0.717) is 11.7 Å². The van der Waals surface area contributed by atoms with Crippen LogP contribution in [0.4, 0.5) is 0 Å². The van der Waals surface area contributed by atoms with E-state index < -0.39 is 0 Å². The van der Waals surface area contributed by atoms with Crippen LogP contribution in [0.2, 0.25) is 0 Å². The molecule has 0 atom stereocenters. The van der Waals surface area contributed by atoms with Gasteiger partial charge in [0.2, 0.25) is 0 Å². The number of phenolic OH excluding ortho intramolecular Hbond substituents is 1. The molecule has 0 aliphatic heterocycles. The second-order valence-corrected chi connectivity index (χ2v) is 4.38. The third kappa shape index (κ3) is 2.79. The van der Waals surface area contributed by atoms with Crippen LogP contribution in [0.15, 0.2) is 30.3 Å². The molecule has 0 heterocycles. The molecule has 0 fully saturated rings. The van der Waals surface area contributed by atoms with Gasteiger partial charge in [-0.15, -0.1) is 0 Å². The van der Waals surface area contributed by atoms with Gasteiger partial charge in [-0.2, -0.15) is 0 Å². The summed E-state index contributed by atoms with van der Waals surface area (Å²) in [4.78, 5) is 0. The zero-order valence-corrected chi connectivity index (χ0v) is 11.4. The maximum absolute atomic E-state index is 10.1. The van der Waals surface area contributed by atoms with Crippen LogP contribution in [-0.4, -0.2) is 5.11 Å². The van der Waals surface area contributed by atoms with E-state index in [0.717, 1.165) is 16.3 Å². The first-order chi connectivity index (χ1) is 8.09. The fourth-order valence-electron chi connectivity index (χ4n) is 1.90. The first-order valence-corrected chi connectivity index (χ1v) is 6.32. The minimum Gasteiger partial charge on any atom is -0.507 e. The molecule has 0 aliphatic carbocycles. The molecule has 0 aromatic heterocycles. The molecule has 2 aromatic carbocycles. The van der Waals surface area contributed by atoms with E-state index >= 15 is 0 Å². The van der Waals surface area contributed by atoms with Crippen molar-refractivity contribution in [1.82, 2.24) is 0 Å². The molecule has 0 radical (unpaired) electrons. The van der Waals surface area contributed by atoms with Crippen molar-refractivity contribution in [3.05, 3.63) is 41.5 Å². The molecule has 0 spiro atoms. The Bertz CT molecular complexity index is 498. The van der Waals surface area contributed by atoms with Crippen LogP contribution >= 0.6 is 0 Å². The van der Waals surface area contributed by atoms with Gasteiger partial charge in [-0.25, -0.2) is 0 Å². The molecular formula is C16H22O. The number of aryl methyl sites for hydroxylation is 1. The molecule has 92 valence electrons. The summed E-state index contributed by atoms with van der Waals surface area (Å²) in [5.74, 6) is 0.793. The fraction of sp³-hybridized carbons (Fsp3) is 0.375. The highest BCUT2D eigenvalue weighted by Gasteiger charge is 2.09. The number of aromatic hydroxyl groups is 1. The molecule has 1 heteroatoms. The Morgan fingerprint density at radius 1 is 1.00 bits per heavy atom. The largest absolute Gasteiger partial charge is 0.507 e. The molecule has 1 N–H and O–H groups in total. The predicted octanol–water partition coefficient (Wildman–Crippen LogP) is 5.00. The van der Waals surface area contributed by atoms with Crippen LogP contribution in [0.1, 0.15) is 44.7 Å². The lowest BCUT2D eigenvalue weighted by atomic mass is 9.97. The van der Waals surface area contributed by atoms with Gasteiger partial charge in [-0.3, -0.25) is 0 Å². The second kappa shape index (κ2) is 5.72. The van der Waals surface area contributed by atoms with Crippen molar-refractivity contribution in [2.75, 3.05) is 0 Å². The molecule has 0 unspecified atom stereocenters. The quantitative estimate of drug-likeness (QED) is 0.730. The molecule has 1 nitrogen and oxygen atoms in total. The Kier molecular flexibility index (Phi) is 4.56. The topological polar surface area (TPSA) is 20.2 Å². The van der Waals surface area contributed by atoms with Crippen LogP contribution in [0.3, 0.4) is 0 Å². The number of hydrogen-bond donors (Lipinski definition) is 1. The highest BCUT2D eigenvalue weighted by Crippen LogP contribution is 2.33. The van der Waals surface area contributed by atoms with Gasteiger partial charge in [-0.1, -0.05) is 57.5 Å². The first kappa shape index (κ1) is 13.6. The van der Waals surface area contributed by atoms with Crippen molar-refractivity contribution in [2.45, 2.75) is 40.5 Å². The molecular weight excluding hydrogens is 208 g/mol. The minimum atomic E-state index is 0.356. The Balaban J connectivity index is 0.000000686. The van der Waals surface area contributed by atoms with Crippen molar-refractivity contribution in [2.24, 2.45) is 0 Å². The lowest BCUT2D eigenvalue weighted by Gasteiger charge is -2.11.